The minimum atomic E-state index is 0.259. The van der Waals surface area contributed by atoms with Crippen LogP contribution in [0.4, 0.5) is 0 Å². The standard InChI is InChI=1S/C13H17BrN2/c1-9-5-6-16-11(7-9)15-10(12(16)14)8-13(2,3)4/h5-7H,8H2,1-4H3. The highest BCUT2D eigenvalue weighted by molar-refractivity contribution is 9.10. The molecule has 0 saturated carbocycles. The number of rotatable bonds is 1. The smallest absolute Gasteiger partial charge is 0.138 e. The predicted octanol–water partition coefficient (Wildman–Crippen LogP) is 3.99. The first-order valence-electron chi connectivity index (χ1n) is 5.50. The molecule has 86 valence electrons. The molecule has 0 spiro atoms. The zero-order chi connectivity index (χ0) is 11.9. The van der Waals surface area contributed by atoms with Crippen molar-refractivity contribution < 1.29 is 0 Å². The van der Waals surface area contributed by atoms with Crippen LogP contribution in [-0.2, 0) is 6.42 Å². The molecule has 2 nitrogen and oxygen atoms in total. The van der Waals surface area contributed by atoms with Crippen LogP contribution >= 0.6 is 15.9 Å². The van der Waals surface area contributed by atoms with E-state index in [-0.39, 0.29) is 5.41 Å². The van der Waals surface area contributed by atoms with Gasteiger partial charge in [0.05, 0.1) is 5.69 Å². The first kappa shape index (κ1) is 11.6. The highest BCUT2D eigenvalue weighted by Gasteiger charge is 2.17. The van der Waals surface area contributed by atoms with Gasteiger partial charge in [0.15, 0.2) is 0 Å². The Labute approximate surface area is 105 Å². The molecule has 3 heteroatoms. The van der Waals surface area contributed by atoms with Crippen molar-refractivity contribution in [3.63, 3.8) is 0 Å². The number of imidazole rings is 1. The van der Waals surface area contributed by atoms with Crippen LogP contribution in [0.5, 0.6) is 0 Å². The van der Waals surface area contributed by atoms with E-state index in [1.807, 2.05) is 0 Å². The van der Waals surface area contributed by atoms with Crippen LogP contribution in [0.2, 0.25) is 0 Å². The lowest BCUT2D eigenvalue weighted by molar-refractivity contribution is 0.406. The molecule has 2 heterocycles. The molecule has 0 bridgehead atoms. The second-order valence-corrected chi connectivity index (χ2v) is 6.27. The SMILES string of the molecule is Cc1ccn2c(Br)c(CC(C)(C)C)nc2c1. The molecule has 0 radical (unpaired) electrons. The van der Waals surface area contributed by atoms with Gasteiger partial charge in [-0.25, -0.2) is 4.98 Å². The van der Waals surface area contributed by atoms with E-state index >= 15 is 0 Å². The van der Waals surface area contributed by atoms with Gasteiger partial charge < -0.3 is 0 Å². The maximum absolute atomic E-state index is 4.67. The Kier molecular flexibility index (Phi) is 2.82. The molecule has 0 fully saturated rings. The minimum absolute atomic E-state index is 0.259. The molecule has 2 rings (SSSR count). The van der Waals surface area contributed by atoms with Crippen LogP contribution in [0.1, 0.15) is 32.0 Å². The van der Waals surface area contributed by atoms with E-state index in [1.54, 1.807) is 0 Å². The molecule has 0 atom stereocenters. The van der Waals surface area contributed by atoms with Gasteiger partial charge in [-0.2, -0.15) is 0 Å². The third-order valence-electron chi connectivity index (χ3n) is 2.49. The summed E-state index contributed by atoms with van der Waals surface area (Å²) in [5.74, 6) is 0. The molecule has 0 aliphatic carbocycles. The van der Waals surface area contributed by atoms with Crippen LogP contribution in [-0.4, -0.2) is 9.38 Å². The Morgan fingerprint density at radius 1 is 1.38 bits per heavy atom. The molecule has 2 aromatic heterocycles. The molecule has 0 aliphatic heterocycles. The van der Waals surface area contributed by atoms with Crippen molar-refractivity contribution in [2.45, 2.75) is 34.1 Å². The second kappa shape index (κ2) is 3.88. The topological polar surface area (TPSA) is 17.3 Å². The summed E-state index contributed by atoms with van der Waals surface area (Å²) in [7, 11) is 0. The lowest BCUT2D eigenvalue weighted by Crippen LogP contribution is -2.09. The fourth-order valence-corrected chi connectivity index (χ4v) is 2.31. The van der Waals surface area contributed by atoms with E-state index in [0.29, 0.717) is 0 Å². The molecule has 0 aliphatic rings. The number of hydrogen-bond donors (Lipinski definition) is 0. The molecular weight excluding hydrogens is 264 g/mol. The summed E-state index contributed by atoms with van der Waals surface area (Å²) in [5, 5.41) is 0. The maximum atomic E-state index is 4.67. The molecule has 0 amide bonds. The van der Waals surface area contributed by atoms with Crippen LogP contribution in [0.15, 0.2) is 22.9 Å². The maximum Gasteiger partial charge on any atom is 0.138 e. The molecular formula is C13H17BrN2. The predicted molar refractivity (Wildman–Crippen MR) is 70.8 cm³/mol. The summed E-state index contributed by atoms with van der Waals surface area (Å²) >= 11 is 3.63. The average molecular weight is 281 g/mol. The van der Waals surface area contributed by atoms with E-state index < -0.39 is 0 Å². The van der Waals surface area contributed by atoms with Crippen molar-refractivity contribution in [2.75, 3.05) is 0 Å². The fourth-order valence-electron chi connectivity index (χ4n) is 1.78. The lowest BCUT2D eigenvalue weighted by atomic mass is 9.91. The number of aryl methyl sites for hydroxylation is 1. The van der Waals surface area contributed by atoms with Gasteiger partial charge in [-0.1, -0.05) is 20.8 Å². The van der Waals surface area contributed by atoms with Crippen molar-refractivity contribution in [3.05, 3.63) is 34.2 Å². The minimum Gasteiger partial charge on any atom is -0.294 e. The summed E-state index contributed by atoms with van der Waals surface area (Å²) in [4.78, 5) is 4.67. The summed E-state index contributed by atoms with van der Waals surface area (Å²) < 4.78 is 3.17. The first-order valence-corrected chi connectivity index (χ1v) is 6.29. The van der Waals surface area contributed by atoms with Crippen LogP contribution in [0.25, 0.3) is 5.65 Å². The van der Waals surface area contributed by atoms with Gasteiger partial charge in [0.2, 0.25) is 0 Å². The lowest BCUT2D eigenvalue weighted by Gasteiger charge is -2.16. The molecule has 2 aromatic rings. The Morgan fingerprint density at radius 2 is 2.06 bits per heavy atom. The van der Waals surface area contributed by atoms with Gasteiger partial charge in [0, 0.05) is 6.20 Å². The fraction of sp³-hybridized carbons (Fsp3) is 0.462. The van der Waals surface area contributed by atoms with Gasteiger partial charge in [-0.15, -0.1) is 0 Å². The van der Waals surface area contributed by atoms with Crippen molar-refractivity contribution in [2.24, 2.45) is 5.41 Å². The number of pyridine rings is 1. The number of aromatic nitrogens is 2. The number of halogens is 1. The largest absolute Gasteiger partial charge is 0.294 e. The Morgan fingerprint density at radius 3 is 2.69 bits per heavy atom. The highest BCUT2D eigenvalue weighted by Crippen LogP contribution is 2.26. The molecule has 0 aromatic carbocycles. The Bertz CT molecular complexity index is 520. The van der Waals surface area contributed by atoms with E-state index in [9.17, 15) is 0 Å². The van der Waals surface area contributed by atoms with Crippen LogP contribution < -0.4 is 0 Å². The molecule has 16 heavy (non-hydrogen) atoms. The van der Waals surface area contributed by atoms with Crippen molar-refractivity contribution >= 4 is 21.6 Å². The van der Waals surface area contributed by atoms with Gasteiger partial charge in [-0.05, 0) is 52.4 Å². The van der Waals surface area contributed by atoms with E-state index in [1.165, 1.54) is 5.56 Å². The zero-order valence-corrected chi connectivity index (χ0v) is 11.8. The third kappa shape index (κ3) is 2.29. The average Bonchev–Trinajstić information content (AvgIpc) is 2.40. The molecule has 0 unspecified atom stereocenters. The Balaban J connectivity index is 2.52. The summed E-state index contributed by atoms with van der Waals surface area (Å²) in [6.45, 7) is 8.78. The summed E-state index contributed by atoms with van der Waals surface area (Å²) in [6, 6.07) is 4.21. The van der Waals surface area contributed by atoms with E-state index in [2.05, 4.69) is 71.3 Å². The van der Waals surface area contributed by atoms with E-state index in [4.69, 9.17) is 0 Å². The summed E-state index contributed by atoms with van der Waals surface area (Å²) in [5.41, 5.74) is 3.66. The normalized spacial score (nSPS) is 12.3. The van der Waals surface area contributed by atoms with Crippen molar-refractivity contribution in [1.82, 2.24) is 9.38 Å². The number of fused-ring (bicyclic) bond motifs is 1. The Hall–Kier alpha value is -0.830. The quantitative estimate of drug-likeness (QED) is 0.772. The zero-order valence-electron chi connectivity index (χ0n) is 10.2. The number of nitrogens with zero attached hydrogens (tertiary/aromatic N) is 2. The number of hydrogen-bond acceptors (Lipinski definition) is 1. The second-order valence-electron chi connectivity index (χ2n) is 5.52. The van der Waals surface area contributed by atoms with Gasteiger partial charge in [-0.3, -0.25) is 4.40 Å². The highest BCUT2D eigenvalue weighted by atomic mass is 79.9. The van der Waals surface area contributed by atoms with Crippen LogP contribution in [0, 0.1) is 12.3 Å². The van der Waals surface area contributed by atoms with E-state index in [0.717, 1.165) is 22.4 Å². The first-order chi connectivity index (χ1) is 7.37. The van der Waals surface area contributed by atoms with Gasteiger partial charge in [0.25, 0.3) is 0 Å². The van der Waals surface area contributed by atoms with Crippen molar-refractivity contribution in [1.29, 1.82) is 0 Å². The monoisotopic (exact) mass is 280 g/mol. The van der Waals surface area contributed by atoms with Gasteiger partial charge >= 0.3 is 0 Å². The summed E-state index contributed by atoms with van der Waals surface area (Å²) in [6.07, 6.45) is 3.04. The molecule has 0 N–H and O–H groups in total. The molecule has 0 saturated heterocycles. The van der Waals surface area contributed by atoms with Gasteiger partial charge in [0.1, 0.15) is 10.3 Å². The third-order valence-corrected chi connectivity index (χ3v) is 3.33. The van der Waals surface area contributed by atoms with Crippen LogP contribution in [0.3, 0.4) is 0 Å². The van der Waals surface area contributed by atoms with Crippen molar-refractivity contribution in [3.8, 4) is 0 Å².